The van der Waals surface area contributed by atoms with E-state index in [1.165, 1.54) is 18.2 Å². The Labute approximate surface area is 115 Å². The molecule has 3 N–H and O–H groups in total. The Balaban J connectivity index is 2.05. The minimum absolute atomic E-state index is 0.0824. The van der Waals surface area contributed by atoms with Gasteiger partial charge in [-0.25, -0.2) is 4.39 Å². The van der Waals surface area contributed by atoms with Crippen molar-refractivity contribution < 1.29 is 9.18 Å². The molecule has 1 amide bonds. The highest BCUT2D eigenvalue weighted by molar-refractivity contribution is 6.30. The van der Waals surface area contributed by atoms with Crippen molar-refractivity contribution in [2.45, 2.75) is 6.42 Å². The molecule has 0 bridgehead atoms. The second-order valence-electron chi connectivity index (χ2n) is 4.09. The van der Waals surface area contributed by atoms with E-state index in [9.17, 15) is 9.18 Å². The van der Waals surface area contributed by atoms with Crippen LogP contribution in [0.4, 0.5) is 15.8 Å². The first-order chi connectivity index (χ1) is 9.04. The van der Waals surface area contributed by atoms with E-state index in [1.807, 2.05) is 0 Å². The summed E-state index contributed by atoms with van der Waals surface area (Å²) in [5.41, 5.74) is 6.81. The van der Waals surface area contributed by atoms with Gasteiger partial charge in [0.2, 0.25) is 5.91 Å². The van der Waals surface area contributed by atoms with E-state index in [1.54, 1.807) is 24.3 Å². The Kier molecular flexibility index (Phi) is 4.02. The number of amides is 1. The van der Waals surface area contributed by atoms with Gasteiger partial charge in [-0.1, -0.05) is 23.7 Å². The number of rotatable bonds is 3. The van der Waals surface area contributed by atoms with Crippen LogP contribution in [-0.4, -0.2) is 5.91 Å². The van der Waals surface area contributed by atoms with Crippen molar-refractivity contribution >= 4 is 28.9 Å². The molecule has 2 aromatic rings. The van der Waals surface area contributed by atoms with Crippen molar-refractivity contribution in [2.24, 2.45) is 0 Å². The molecule has 0 heterocycles. The predicted molar refractivity (Wildman–Crippen MR) is 74.6 cm³/mol. The van der Waals surface area contributed by atoms with Gasteiger partial charge in [-0.05, 0) is 35.9 Å². The van der Waals surface area contributed by atoms with Crippen LogP contribution < -0.4 is 11.1 Å². The van der Waals surface area contributed by atoms with Crippen LogP contribution in [0.2, 0.25) is 5.02 Å². The van der Waals surface area contributed by atoms with Gasteiger partial charge in [-0.2, -0.15) is 0 Å². The van der Waals surface area contributed by atoms with Gasteiger partial charge < -0.3 is 11.1 Å². The zero-order chi connectivity index (χ0) is 13.8. The summed E-state index contributed by atoms with van der Waals surface area (Å²) < 4.78 is 13.4. The van der Waals surface area contributed by atoms with Crippen molar-refractivity contribution in [1.82, 2.24) is 0 Å². The van der Waals surface area contributed by atoms with Crippen LogP contribution in [0, 0.1) is 5.82 Å². The number of nitrogens with one attached hydrogen (secondary N) is 1. The zero-order valence-corrected chi connectivity index (χ0v) is 10.7. The quantitative estimate of drug-likeness (QED) is 0.847. The minimum atomic E-state index is -0.515. The fraction of sp³-hybridized carbons (Fsp3) is 0.0714. The molecule has 2 rings (SSSR count). The molecule has 0 spiro atoms. The molecule has 19 heavy (non-hydrogen) atoms. The molecular weight excluding hydrogens is 267 g/mol. The van der Waals surface area contributed by atoms with Gasteiger partial charge in [0, 0.05) is 10.7 Å². The number of hydrogen-bond donors (Lipinski definition) is 2. The predicted octanol–water partition coefficient (Wildman–Crippen LogP) is 3.24. The van der Waals surface area contributed by atoms with Crippen LogP contribution in [-0.2, 0) is 11.2 Å². The molecular formula is C14H12ClFN2O. The largest absolute Gasteiger partial charge is 0.399 e. The van der Waals surface area contributed by atoms with Crippen LogP contribution >= 0.6 is 11.6 Å². The molecule has 2 aromatic carbocycles. The number of carbonyl (C=O) groups excluding carboxylic acids is 1. The first kappa shape index (κ1) is 13.4. The van der Waals surface area contributed by atoms with Crippen LogP contribution in [0.1, 0.15) is 5.56 Å². The Morgan fingerprint density at radius 2 is 1.89 bits per heavy atom. The average molecular weight is 279 g/mol. The third kappa shape index (κ3) is 3.69. The van der Waals surface area contributed by atoms with Crippen molar-refractivity contribution in [3.8, 4) is 0 Å². The van der Waals surface area contributed by atoms with Crippen LogP contribution in [0.15, 0.2) is 42.5 Å². The maximum Gasteiger partial charge on any atom is 0.228 e. The van der Waals surface area contributed by atoms with Gasteiger partial charge in [0.1, 0.15) is 5.82 Å². The van der Waals surface area contributed by atoms with E-state index >= 15 is 0 Å². The number of hydrogen-bond acceptors (Lipinski definition) is 2. The van der Waals surface area contributed by atoms with E-state index in [2.05, 4.69) is 5.32 Å². The minimum Gasteiger partial charge on any atom is -0.399 e. The molecule has 0 fully saturated rings. The molecule has 3 nitrogen and oxygen atoms in total. The molecule has 0 aliphatic rings. The topological polar surface area (TPSA) is 55.1 Å². The highest BCUT2D eigenvalue weighted by Gasteiger charge is 2.08. The number of anilines is 2. The maximum absolute atomic E-state index is 13.4. The van der Waals surface area contributed by atoms with Gasteiger partial charge in [0.15, 0.2) is 0 Å². The molecule has 0 aliphatic heterocycles. The van der Waals surface area contributed by atoms with Gasteiger partial charge in [0.05, 0.1) is 12.1 Å². The zero-order valence-electron chi connectivity index (χ0n) is 9.99. The lowest BCUT2D eigenvalue weighted by Crippen LogP contribution is -2.15. The summed E-state index contributed by atoms with van der Waals surface area (Å²) in [4.78, 5) is 11.8. The highest BCUT2D eigenvalue weighted by atomic mass is 35.5. The number of nitrogens with two attached hydrogens (primary N) is 1. The SMILES string of the molecule is Nc1ccc(F)c(NC(=O)Cc2ccc(Cl)cc2)c1. The van der Waals surface area contributed by atoms with E-state index in [-0.39, 0.29) is 18.0 Å². The third-order valence-corrected chi connectivity index (χ3v) is 2.79. The van der Waals surface area contributed by atoms with Crippen molar-refractivity contribution in [1.29, 1.82) is 0 Å². The number of halogens is 2. The van der Waals surface area contributed by atoms with Gasteiger partial charge in [0.25, 0.3) is 0 Å². The lowest BCUT2D eigenvalue weighted by Gasteiger charge is -2.07. The van der Waals surface area contributed by atoms with E-state index < -0.39 is 5.82 Å². The molecule has 0 aliphatic carbocycles. The van der Waals surface area contributed by atoms with Gasteiger partial charge in [-0.3, -0.25) is 4.79 Å². The normalized spacial score (nSPS) is 10.2. The monoisotopic (exact) mass is 278 g/mol. The number of carbonyl (C=O) groups is 1. The summed E-state index contributed by atoms with van der Waals surface area (Å²) in [6.07, 6.45) is 0.144. The Bertz CT molecular complexity index is 599. The van der Waals surface area contributed by atoms with Crippen LogP contribution in [0.5, 0.6) is 0 Å². The lowest BCUT2D eigenvalue weighted by atomic mass is 10.1. The molecule has 0 saturated carbocycles. The number of benzene rings is 2. The second kappa shape index (κ2) is 5.71. The van der Waals surface area contributed by atoms with Crippen molar-refractivity contribution in [3.63, 3.8) is 0 Å². The molecule has 98 valence electrons. The smallest absolute Gasteiger partial charge is 0.228 e. The van der Waals surface area contributed by atoms with Crippen LogP contribution in [0.3, 0.4) is 0 Å². The molecule has 5 heteroatoms. The van der Waals surface area contributed by atoms with Crippen molar-refractivity contribution in [3.05, 3.63) is 58.9 Å². The average Bonchev–Trinajstić information content (AvgIpc) is 2.37. The standard InChI is InChI=1S/C14H12ClFN2O/c15-10-3-1-9(2-4-10)7-14(19)18-13-8-11(17)5-6-12(13)16/h1-6,8H,7,17H2,(H,18,19). The van der Waals surface area contributed by atoms with E-state index in [4.69, 9.17) is 17.3 Å². The van der Waals surface area contributed by atoms with Gasteiger partial charge in [-0.15, -0.1) is 0 Å². The molecule has 0 radical (unpaired) electrons. The Morgan fingerprint density at radius 1 is 1.21 bits per heavy atom. The fourth-order valence-corrected chi connectivity index (χ4v) is 1.75. The summed E-state index contributed by atoms with van der Waals surface area (Å²) in [6, 6.07) is 10.9. The number of nitrogen functional groups attached to an aromatic ring is 1. The van der Waals surface area contributed by atoms with Gasteiger partial charge >= 0.3 is 0 Å². The maximum atomic E-state index is 13.4. The highest BCUT2D eigenvalue weighted by Crippen LogP contribution is 2.18. The Hall–Kier alpha value is -2.07. The van der Waals surface area contributed by atoms with E-state index in [0.29, 0.717) is 10.7 Å². The summed E-state index contributed by atoms with van der Waals surface area (Å²) in [5, 5.41) is 3.09. The molecule has 0 atom stereocenters. The first-order valence-corrected chi connectivity index (χ1v) is 6.02. The lowest BCUT2D eigenvalue weighted by molar-refractivity contribution is -0.115. The molecule has 0 aromatic heterocycles. The molecule has 0 saturated heterocycles. The van der Waals surface area contributed by atoms with E-state index in [0.717, 1.165) is 5.56 Å². The summed E-state index contributed by atoms with van der Waals surface area (Å²) >= 11 is 5.75. The summed E-state index contributed by atoms with van der Waals surface area (Å²) in [6.45, 7) is 0. The molecule has 0 unspecified atom stereocenters. The first-order valence-electron chi connectivity index (χ1n) is 5.64. The van der Waals surface area contributed by atoms with Crippen molar-refractivity contribution in [2.75, 3.05) is 11.1 Å². The summed E-state index contributed by atoms with van der Waals surface area (Å²) in [7, 11) is 0. The third-order valence-electron chi connectivity index (χ3n) is 2.54. The Morgan fingerprint density at radius 3 is 2.58 bits per heavy atom. The fourth-order valence-electron chi connectivity index (χ4n) is 1.62. The second-order valence-corrected chi connectivity index (χ2v) is 4.53. The van der Waals surface area contributed by atoms with Crippen LogP contribution in [0.25, 0.3) is 0 Å². The summed E-state index contributed by atoms with van der Waals surface area (Å²) in [5.74, 6) is -0.828.